The molecule has 0 saturated heterocycles. The minimum absolute atomic E-state index is 0.0715. The molecule has 0 bridgehead atoms. The van der Waals surface area contributed by atoms with E-state index >= 15 is 0 Å². The first-order valence-corrected chi connectivity index (χ1v) is 4.63. The number of nitrogens with zero attached hydrogens (tertiary/aromatic N) is 1. The van der Waals surface area contributed by atoms with Crippen LogP contribution in [-0.4, -0.2) is 28.2 Å². The second-order valence-corrected chi connectivity index (χ2v) is 3.18. The summed E-state index contributed by atoms with van der Waals surface area (Å²) in [4.78, 5) is 17.1. The number of ether oxygens (including phenoxy) is 1. The third-order valence-corrected chi connectivity index (χ3v) is 2.16. The zero-order valence-electron chi connectivity index (χ0n) is 8.60. The van der Waals surface area contributed by atoms with Gasteiger partial charge in [0.2, 0.25) is 5.82 Å². The van der Waals surface area contributed by atoms with Crippen LogP contribution in [0.25, 0.3) is 11.3 Å². The Morgan fingerprint density at radius 2 is 2.31 bits per heavy atom. The second-order valence-electron chi connectivity index (χ2n) is 3.18. The summed E-state index contributed by atoms with van der Waals surface area (Å²) in [6, 6.07) is 7.30. The predicted octanol–water partition coefficient (Wildman–Crippen LogP) is 1.78. The average Bonchev–Trinajstić information content (AvgIpc) is 2.78. The lowest BCUT2D eigenvalue weighted by molar-refractivity contribution is 0.0685. The number of aromatic amines is 1. The van der Waals surface area contributed by atoms with Gasteiger partial charge in [-0.2, -0.15) is 0 Å². The lowest BCUT2D eigenvalue weighted by Crippen LogP contribution is -1.98. The van der Waals surface area contributed by atoms with Gasteiger partial charge in [0, 0.05) is 5.56 Å². The van der Waals surface area contributed by atoms with Crippen LogP contribution in [0.1, 0.15) is 10.6 Å². The quantitative estimate of drug-likeness (QED) is 0.823. The smallest absolute Gasteiger partial charge is 0.371 e. The van der Waals surface area contributed by atoms with Crippen molar-refractivity contribution in [3.8, 4) is 17.0 Å². The number of H-pyrrole nitrogens is 1. The first-order chi connectivity index (χ1) is 7.70. The van der Waals surface area contributed by atoms with E-state index in [2.05, 4.69) is 9.97 Å². The standard InChI is InChI=1S/C11H10N2O3/c1-16-8-4-2-3-7(5-8)9-6-12-10(13-9)11(14)15/h2-6H,1H3,(H,12,13)(H,14,15). The average molecular weight is 218 g/mol. The first kappa shape index (κ1) is 10.2. The van der Waals surface area contributed by atoms with Gasteiger partial charge in [0.25, 0.3) is 0 Å². The monoisotopic (exact) mass is 218 g/mol. The molecule has 0 radical (unpaired) electrons. The van der Waals surface area contributed by atoms with Crippen LogP contribution in [0.3, 0.4) is 0 Å². The number of imidazole rings is 1. The maximum Gasteiger partial charge on any atom is 0.371 e. The zero-order chi connectivity index (χ0) is 11.5. The number of benzene rings is 1. The van der Waals surface area contributed by atoms with Gasteiger partial charge < -0.3 is 14.8 Å². The summed E-state index contributed by atoms with van der Waals surface area (Å²) < 4.78 is 5.08. The molecule has 5 heteroatoms. The fourth-order valence-corrected chi connectivity index (χ4v) is 1.37. The van der Waals surface area contributed by atoms with E-state index in [0.29, 0.717) is 11.4 Å². The molecular weight excluding hydrogens is 208 g/mol. The van der Waals surface area contributed by atoms with Gasteiger partial charge in [0.05, 0.1) is 19.0 Å². The van der Waals surface area contributed by atoms with Crippen molar-refractivity contribution in [3.05, 3.63) is 36.3 Å². The van der Waals surface area contributed by atoms with Crippen molar-refractivity contribution in [2.45, 2.75) is 0 Å². The molecule has 2 rings (SSSR count). The number of hydrogen-bond acceptors (Lipinski definition) is 3. The summed E-state index contributed by atoms with van der Waals surface area (Å²) in [5.41, 5.74) is 1.48. The highest BCUT2D eigenvalue weighted by molar-refractivity contribution is 5.84. The first-order valence-electron chi connectivity index (χ1n) is 4.63. The molecule has 0 unspecified atom stereocenters. The van der Waals surface area contributed by atoms with Crippen molar-refractivity contribution in [1.82, 2.24) is 9.97 Å². The fourth-order valence-electron chi connectivity index (χ4n) is 1.37. The topological polar surface area (TPSA) is 75.2 Å². The maximum atomic E-state index is 10.7. The summed E-state index contributed by atoms with van der Waals surface area (Å²) in [5.74, 6) is -0.434. The molecule has 0 aliphatic rings. The number of carboxylic acid groups (broad SMARTS) is 1. The van der Waals surface area contributed by atoms with E-state index < -0.39 is 5.97 Å². The molecule has 2 N–H and O–H groups in total. The largest absolute Gasteiger partial charge is 0.497 e. The summed E-state index contributed by atoms with van der Waals surface area (Å²) in [7, 11) is 1.58. The van der Waals surface area contributed by atoms with E-state index in [4.69, 9.17) is 9.84 Å². The van der Waals surface area contributed by atoms with Crippen molar-refractivity contribution in [2.75, 3.05) is 7.11 Å². The number of nitrogens with one attached hydrogen (secondary N) is 1. The molecule has 0 atom stereocenters. The molecule has 16 heavy (non-hydrogen) atoms. The molecule has 0 saturated carbocycles. The molecule has 82 valence electrons. The number of carbonyl (C=O) groups is 1. The predicted molar refractivity (Wildman–Crippen MR) is 57.5 cm³/mol. The van der Waals surface area contributed by atoms with E-state index in [1.54, 1.807) is 13.2 Å². The zero-order valence-corrected chi connectivity index (χ0v) is 8.60. The van der Waals surface area contributed by atoms with Gasteiger partial charge in [-0.15, -0.1) is 0 Å². The Bertz CT molecular complexity index is 519. The third-order valence-electron chi connectivity index (χ3n) is 2.16. The van der Waals surface area contributed by atoms with E-state index in [1.807, 2.05) is 18.2 Å². The number of methoxy groups -OCH3 is 1. The molecule has 0 aliphatic heterocycles. The molecule has 0 spiro atoms. The van der Waals surface area contributed by atoms with Gasteiger partial charge in [-0.25, -0.2) is 9.78 Å². The van der Waals surface area contributed by atoms with E-state index in [0.717, 1.165) is 5.56 Å². The summed E-state index contributed by atoms with van der Waals surface area (Å²) in [5, 5.41) is 8.73. The van der Waals surface area contributed by atoms with Crippen LogP contribution < -0.4 is 4.74 Å². The molecule has 1 heterocycles. The molecule has 1 aromatic carbocycles. The van der Waals surface area contributed by atoms with Gasteiger partial charge in [0.1, 0.15) is 5.75 Å². The number of rotatable bonds is 3. The van der Waals surface area contributed by atoms with Crippen LogP contribution in [0.4, 0.5) is 0 Å². The third kappa shape index (κ3) is 1.88. The molecule has 2 aromatic rings. The Labute approximate surface area is 91.7 Å². The molecule has 1 aromatic heterocycles. The van der Waals surface area contributed by atoms with Gasteiger partial charge in [-0.1, -0.05) is 12.1 Å². The highest BCUT2D eigenvalue weighted by Crippen LogP contribution is 2.21. The lowest BCUT2D eigenvalue weighted by atomic mass is 10.1. The summed E-state index contributed by atoms with van der Waals surface area (Å²) in [6.07, 6.45) is 1.48. The van der Waals surface area contributed by atoms with Gasteiger partial charge in [-0.05, 0) is 12.1 Å². The van der Waals surface area contributed by atoms with Crippen LogP contribution in [0.15, 0.2) is 30.5 Å². The highest BCUT2D eigenvalue weighted by Gasteiger charge is 2.09. The molecule has 0 aliphatic carbocycles. The second kappa shape index (κ2) is 4.06. The van der Waals surface area contributed by atoms with Crippen LogP contribution in [0.2, 0.25) is 0 Å². The molecular formula is C11H10N2O3. The fraction of sp³-hybridized carbons (Fsp3) is 0.0909. The Kier molecular flexibility index (Phi) is 2.59. The Hall–Kier alpha value is -2.30. The van der Waals surface area contributed by atoms with Crippen molar-refractivity contribution >= 4 is 5.97 Å². The summed E-state index contributed by atoms with van der Waals surface area (Å²) >= 11 is 0. The number of aromatic nitrogens is 2. The van der Waals surface area contributed by atoms with Crippen molar-refractivity contribution in [1.29, 1.82) is 0 Å². The van der Waals surface area contributed by atoms with Crippen molar-refractivity contribution < 1.29 is 14.6 Å². The van der Waals surface area contributed by atoms with Gasteiger partial charge >= 0.3 is 5.97 Å². The minimum atomic E-state index is -1.07. The Morgan fingerprint density at radius 3 is 2.94 bits per heavy atom. The van der Waals surface area contributed by atoms with Gasteiger partial charge in [0.15, 0.2) is 0 Å². The number of aromatic carboxylic acids is 1. The SMILES string of the molecule is COc1cccc(-c2cnc(C(=O)O)[nH]2)c1. The maximum absolute atomic E-state index is 10.7. The highest BCUT2D eigenvalue weighted by atomic mass is 16.5. The van der Waals surface area contributed by atoms with E-state index in [1.165, 1.54) is 6.20 Å². The number of carboxylic acids is 1. The lowest BCUT2D eigenvalue weighted by Gasteiger charge is -2.01. The van der Waals surface area contributed by atoms with E-state index in [9.17, 15) is 4.79 Å². The Balaban J connectivity index is 2.38. The van der Waals surface area contributed by atoms with Crippen LogP contribution in [-0.2, 0) is 0 Å². The van der Waals surface area contributed by atoms with Crippen LogP contribution >= 0.6 is 0 Å². The van der Waals surface area contributed by atoms with Crippen LogP contribution in [0.5, 0.6) is 5.75 Å². The van der Waals surface area contributed by atoms with Crippen LogP contribution in [0, 0.1) is 0 Å². The summed E-state index contributed by atoms with van der Waals surface area (Å²) in [6.45, 7) is 0. The van der Waals surface area contributed by atoms with Gasteiger partial charge in [-0.3, -0.25) is 0 Å². The molecule has 0 amide bonds. The number of hydrogen-bond donors (Lipinski definition) is 2. The Morgan fingerprint density at radius 1 is 1.50 bits per heavy atom. The van der Waals surface area contributed by atoms with E-state index in [-0.39, 0.29) is 5.82 Å². The van der Waals surface area contributed by atoms with Crippen molar-refractivity contribution in [3.63, 3.8) is 0 Å². The normalized spacial score (nSPS) is 10.1. The molecule has 0 fully saturated rings. The van der Waals surface area contributed by atoms with Crippen molar-refractivity contribution in [2.24, 2.45) is 0 Å². The molecule has 5 nitrogen and oxygen atoms in total. The minimum Gasteiger partial charge on any atom is -0.497 e.